The average molecular weight is 169 g/mol. The molecular formula is C10H17O2. The van der Waals surface area contributed by atoms with Crippen LogP contribution in [0.3, 0.4) is 0 Å². The Morgan fingerprint density at radius 3 is 2.67 bits per heavy atom. The van der Waals surface area contributed by atoms with Gasteiger partial charge >= 0.3 is 5.97 Å². The molecule has 1 aliphatic rings. The Labute approximate surface area is 74.3 Å². The van der Waals surface area contributed by atoms with Crippen LogP contribution < -0.4 is 0 Å². The Hall–Kier alpha value is -0.530. The lowest BCUT2D eigenvalue weighted by atomic mass is 9.89. The lowest BCUT2D eigenvalue weighted by Gasteiger charge is -2.19. The molecule has 1 rings (SSSR count). The monoisotopic (exact) mass is 169 g/mol. The van der Waals surface area contributed by atoms with E-state index < -0.39 is 0 Å². The second-order valence-electron chi connectivity index (χ2n) is 3.35. The van der Waals surface area contributed by atoms with E-state index in [0.29, 0.717) is 0 Å². The summed E-state index contributed by atoms with van der Waals surface area (Å²) in [6, 6.07) is 0. The van der Waals surface area contributed by atoms with Gasteiger partial charge in [0, 0.05) is 0 Å². The topological polar surface area (TPSA) is 26.3 Å². The van der Waals surface area contributed by atoms with Crippen LogP contribution in [0.1, 0.15) is 45.4 Å². The summed E-state index contributed by atoms with van der Waals surface area (Å²) in [5, 5.41) is 0. The summed E-state index contributed by atoms with van der Waals surface area (Å²) >= 11 is 0. The van der Waals surface area contributed by atoms with E-state index >= 15 is 0 Å². The molecule has 0 amide bonds. The first kappa shape index (κ1) is 9.56. The fraction of sp³-hybridized carbons (Fsp3) is 0.800. The molecule has 0 aromatic heterocycles. The smallest absolute Gasteiger partial charge is 0.309 e. The lowest BCUT2D eigenvalue weighted by molar-refractivity contribution is -0.146. The van der Waals surface area contributed by atoms with E-state index in [0.717, 1.165) is 19.3 Å². The molecule has 0 aromatic carbocycles. The molecule has 0 atom stereocenters. The third kappa shape index (κ3) is 2.84. The second kappa shape index (κ2) is 5.18. The number of ether oxygens (including phenoxy) is 1. The highest BCUT2D eigenvalue weighted by atomic mass is 16.5. The molecule has 1 radical (unpaired) electrons. The third-order valence-electron chi connectivity index (χ3n) is 2.30. The molecule has 2 heteroatoms. The van der Waals surface area contributed by atoms with Crippen LogP contribution in [0.15, 0.2) is 0 Å². The second-order valence-corrected chi connectivity index (χ2v) is 3.35. The first-order valence-corrected chi connectivity index (χ1v) is 4.86. The van der Waals surface area contributed by atoms with Crippen molar-refractivity contribution in [3.8, 4) is 0 Å². The number of carbonyl (C=O) groups is 1. The summed E-state index contributed by atoms with van der Waals surface area (Å²) in [4.78, 5) is 11.3. The lowest BCUT2D eigenvalue weighted by Crippen LogP contribution is -2.19. The highest BCUT2D eigenvalue weighted by molar-refractivity contribution is 5.72. The van der Waals surface area contributed by atoms with E-state index in [-0.39, 0.29) is 11.9 Å². The van der Waals surface area contributed by atoms with E-state index in [4.69, 9.17) is 4.74 Å². The van der Waals surface area contributed by atoms with Gasteiger partial charge in [0.05, 0.1) is 5.92 Å². The number of carbonyl (C=O) groups excluding carboxylic acids is 1. The van der Waals surface area contributed by atoms with Gasteiger partial charge in [-0.05, 0) is 19.3 Å². The van der Waals surface area contributed by atoms with Crippen LogP contribution >= 0.6 is 0 Å². The molecule has 1 saturated carbocycles. The zero-order valence-electron chi connectivity index (χ0n) is 7.71. The molecule has 0 N–H and O–H groups in total. The summed E-state index contributed by atoms with van der Waals surface area (Å²) in [7, 11) is 0. The van der Waals surface area contributed by atoms with Crippen molar-refractivity contribution in [2.45, 2.75) is 45.4 Å². The fourth-order valence-corrected chi connectivity index (χ4v) is 1.60. The van der Waals surface area contributed by atoms with Gasteiger partial charge in [0.2, 0.25) is 0 Å². The SMILES string of the molecule is CC[CH]OC(=O)C1CCCCC1. The first-order valence-electron chi connectivity index (χ1n) is 4.86. The van der Waals surface area contributed by atoms with Crippen LogP contribution in [0.2, 0.25) is 0 Å². The molecule has 1 aliphatic carbocycles. The van der Waals surface area contributed by atoms with Crippen molar-refractivity contribution in [2.75, 3.05) is 0 Å². The van der Waals surface area contributed by atoms with Crippen molar-refractivity contribution in [1.82, 2.24) is 0 Å². The Morgan fingerprint density at radius 1 is 1.42 bits per heavy atom. The Bertz CT molecular complexity index is 137. The van der Waals surface area contributed by atoms with Gasteiger partial charge in [-0.3, -0.25) is 4.79 Å². The molecule has 1 fully saturated rings. The number of rotatable bonds is 3. The van der Waals surface area contributed by atoms with Crippen molar-refractivity contribution >= 4 is 5.97 Å². The minimum atomic E-state index is -0.0171. The fourth-order valence-electron chi connectivity index (χ4n) is 1.60. The number of hydrogen-bond donors (Lipinski definition) is 0. The highest BCUT2D eigenvalue weighted by Gasteiger charge is 2.21. The predicted octanol–water partition coefficient (Wildman–Crippen LogP) is 2.68. The van der Waals surface area contributed by atoms with E-state index in [1.54, 1.807) is 6.61 Å². The quantitative estimate of drug-likeness (QED) is 0.607. The van der Waals surface area contributed by atoms with Gasteiger partial charge in [-0.2, -0.15) is 0 Å². The Balaban J connectivity index is 2.20. The summed E-state index contributed by atoms with van der Waals surface area (Å²) in [6.45, 7) is 3.56. The summed E-state index contributed by atoms with van der Waals surface area (Å²) in [6.07, 6.45) is 6.50. The molecule has 0 heterocycles. The number of esters is 1. The Kier molecular flexibility index (Phi) is 4.12. The van der Waals surface area contributed by atoms with E-state index in [9.17, 15) is 4.79 Å². The van der Waals surface area contributed by atoms with Crippen LogP contribution in [0.25, 0.3) is 0 Å². The maximum Gasteiger partial charge on any atom is 0.309 e. The molecule has 0 aliphatic heterocycles. The minimum Gasteiger partial charge on any atom is -0.458 e. The molecule has 0 spiro atoms. The molecule has 0 unspecified atom stereocenters. The van der Waals surface area contributed by atoms with Crippen LogP contribution in [0.4, 0.5) is 0 Å². The summed E-state index contributed by atoms with van der Waals surface area (Å²) < 4.78 is 4.97. The zero-order chi connectivity index (χ0) is 8.81. The molecule has 0 bridgehead atoms. The predicted molar refractivity (Wildman–Crippen MR) is 47.3 cm³/mol. The number of hydrogen-bond acceptors (Lipinski definition) is 2. The molecule has 12 heavy (non-hydrogen) atoms. The van der Waals surface area contributed by atoms with Gasteiger partial charge < -0.3 is 4.74 Å². The largest absolute Gasteiger partial charge is 0.458 e. The van der Waals surface area contributed by atoms with Crippen LogP contribution in [0.5, 0.6) is 0 Å². The maximum absolute atomic E-state index is 11.3. The van der Waals surface area contributed by atoms with Crippen molar-refractivity contribution in [1.29, 1.82) is 0 Å². The molecule has 2 nitrogen and oxygen atoms in total. The standard InChI is InChI=1S/C10H17O2/c1-2-8-12-10(11)9-6-4-3-5-7-9/h8-9H,2-7H2,1H3. The highest BCUT2D eigenvalue weighted by Crippen LogP contribution is 2.24. The minimum absolute atomic E-state index is 0.0171. The van der Waals surface area contributed by atoms with E-state index in [2.05, 4.69) is 0 Å². The van der Waals surface area contributed by atoms with Gasteiger partial charge in [-0.25, -0.2) is 0 Å². The third-order valence-corrected chi connectivity index (χ3v) is 2.30. The molecule has 69 valence electrons. The van der Waals surface area contributed by atoms with E-state index in [1.807, 2.05) is 6.92 Å². The van der Waals surface area contributed by atoms with Crippen LogP contribution in [-0.4, -0.2) is 5.97 Å². The van der Waals surface area contributed by atoms with Crippen molar-refractivity contribution in [3.05, 3.63) is 6.61 Å². The maximum atomic E-state index is 11.3. The van der Waals surface area contributed by atoms with Gasteiger partial charge in [-0.15, -0.1) is 0 Å². The Morgan fingerprint density at radius 2 is 2.08 bits per heavy atom. The molecular weight excluding hydrogens is 152 g/mol. The van der Waals surface area contributed by atoms with Gasteiger partial charge in [-0.1, -0.05) is 26.2 Å². The van der Waals surface area contributed by atoms with Crippen LogP contribution in [0, 0.1) is 12.5 Å². The normalized spacial score (nSPS) is 19.1. The summed E-state index contributed by atoms with van der Waals surface area (Å²) in [5.74, 6) is 0.165. The average Bonchev–Trinajstić information content (AvgIpc) is 2.15. The van der Waals surface area contributed by atoms with Crippen LogP contribution in [-0.2, 0) is 9.53 Å². The zero-order valence-corrected chi connectivity index (χ0v) is 7.71. The first-order chi connectivity index (χ1) is 5.84. The van der Waals surface area contributed by atoms with Crippen molar-refractivity contribution in [2.24, 2.45) is 5.92 Å². The molecule has 0 saturated heterocycles. The van der Waals surface area contributed by atoms with Crippen molar-refractivity contribution < 1.29 is 9.53 Å². The van der Waals surface area contributed by atoms with Gasteiger partial charge in [0.1, 0.15) is 6.61 Å². The molecule has 0 aromatic rings. The summed E-state index contributed by atoms with van der Waals surface area (Å²) in [5.41, 5.74) is 0. The van der Waals surface area contributed by atoms with Gasteiger partial charge in [0.15, 0.2) is 0 Å². The van der Waals surface area contributed by atoms with E-state index in [1.165, 1.54) is 19.3 Å². The van der Waals surface area contributed by atoms with Crippen molar-refractivity contribution in [3.63, 3.8) is 0 Å². The van der Waals surface area contributed by atoms with Gasteiger partial charge in [0.25, 0.3) is 0 Å².